The first kappa shape index (κ1) is 34.4. The highest BCUT2D eigenvalue weighted by atomic mass is 16.6. The topological polar surface area (TPSA) is 190 Å². The zero-order valence-corrected chi connectivity index (χ0v) is 26.0. The Balaban J connectivity index is 1.70. The Labute approximate surface area is 273 Å². The minimum atomic E-state index is -2.36. The van der Waals surface area contributed by atoms with E-state index in [1.54, 1.807) is 42.5 Å². The molecular weight excluding hydrogens is 630 g/mol. The van der Waals surface area contributed by atoms with Crippen molar-refractivity contribution in [3.8, 4) is 23.0 Å². The number of fused-ring (bicyclic) bond motifs is 1. The smallest absolute Gasteiger partial charge is 0.349 e. The predicted octanol–water partition coefficient (Wildman–Crippen LogP) is 4.18. The maximum absolute atomic E-state index is 13.7. The van der Waals surface area contributed by atoms with E-state index in [2.05, 4.69) is 5.32 Å². The second kappa shape index (κ2) is 15.2. The molecule has 1 amide bonds. The number of aliphatic carboxylic acids is 1. The standard InChI is InChI=1S/C34H29NO13/c1-18(36)45-25-14-12-21(16-27(25)43-3)33(41)47-29(31(38)35-24-11-7-9-20-8-5-6-10-23(20)24)30(32(39)40)48-34(42)22-13-15-26(46-19(2)37)28(17-22)44-4/h5-17,29-30H,1-4H3,(H,35,38)(H,39,40)/t29-,30+/m0/s1. The molecule has 2 N–H and O–H groups in total. The number of esters is 4. The van der Waals surface area contributed by atoms with Crippen molar-refractivity contribution >= 4 is 52.2 Å². The molecule has 0 saturated carbocycles. The van der Waals surface area contributed by atoms with Crippen molar-refractivity contribution in [2.24, 2.45) is 0 Å². The van der Waals surface area contributed by atoms with Gasteiger partial charge >= 0.3 is 29.8 Å². The Morgan fingerprint density at radius 3 is 1.62 bits per heavy atom. The van der Waals surface area contributed by atoms with Gasteiger partial charge in [0.2, 0.25) is 12.2 Å². The summed E-state index contributed by atoms with van der Waals surface area (Å²) in [5.41, 5.74) is -0.195. The Morgan fingerprint density at radius 2 is 1.12 bits per heavy atom. The van der Waals surface area contributed by atoms with Crippen LogP contribution in [0.15, 0.2) is 78.9 Å². The molecular formula is C34H29NO13. The van der Waals surface area contributed by atoms with E-state index in [0.717, 1.165) is 24.4 Å². The second-order valence-electron chi connectivity index (χ2n) is 9.92. The molecule has 4 rings (SSSR count). The average molecular weight is 660 g/mol. The van der Waals surface area contributed by atoms with E-state index in [1.165, 1.54) is 45.4 Å². The Morgan fingerprint density at radius 1 is 0.625 bits per heavy atom. The first-order valence-electron chi connectivity index (χ1n) is 14.1. The van der Waals surface area contributed by atoms with Crippen LogP contribution in [0.4, 0.5) is 5.69 Å². The SMILES string of the molecule is COc1cc(C(=O)O[C@H](C(=O)Nc2cccc3ccccc23)[C@@H](OC(=O)c2ccc(OC(C)=O)c(OC)c2)C(=O)O)ccc1OC(C)=O. The lowest BCUT2D eigenvalue weighted by molar-refractivity contribution is -0.157. The van der Waals surface area contributed by atoms with Gasteiger partial charge in [0.1, 0.15) is 0 Å². The summed E-state index contributed by atoms with van der Waals surface area (Å²) < 4.78 is 31.1. The van der Waals surface area contributed by atoms with Gasteiger partial charge in [0, 0.05) is 24.9 Å². The van der Waals surface area contributed by atoms with Crippen LogP contribution in [0, 0.1) is 0 Å². The van der Waals surface area contributed by atoms with Gasteiger partial charge in [0.05, 0.1) is 25.3 Å². The van der Waals surface area contributed by atoms with E-state index < -0.39 is 48.0 Å². The van der Waals surface area contributed by atoms with Crippen molar-refractivity contribution in [2.45, 2.75) is 26.1 Å². The van der Waals surface area contributed by atoms with Gasteiger partial charge in [-0.15, -0.1) is 0 Å². The molecule has 0 aromatic heterocycles. The molecule has 0 aliphatic heterocycles. The molecule has 48 heavy (non-hydrogen) atoms. The van der Waals surface area contributed by atoms with E-state index >= 15 is 0 Å². The molecule has 4 aromatic rings. The van der Waals surface area contributed by atoms with Crippen LogP contribution in [-0.4, -0.2) is 67.3 Å². The molecule has 0 aliphatic rings. The minimum Gasteiger partial charge on any atom is -0.493 e. The zero-order valence-electron chi connectivity index (χ0n) is 26.0. The second-order valence-corrected chi connectivity index (χ2v) is 9.92. The molecule has 0 aliphatic carbocycles. The number of nitrogens with one attached hydrogen (secondary N) is 1. The van der Waals surface area contributed by atoms with E-state index in [4.69, 9.17) is 28.4 Å². The van der Waals surface area contributed by atoms with E-state index in [0.29, 0.717) is 5.39 Å². The van der Waals surface area contributed by atoms with Crippen molar-refractivity contribution < 1.29 is 62.3 Å². The van der Waals surface area contributed by atoms with Gasteiger partial charge in [-0.05, 0) is 47.9 Å². The minimum absolute atomic E-state index is 0.0145. The fourth-order valence-corrected chi connectivity index (χ4v) is 4.47. The van der Waals surface area contributed by atoms with Gasteiger partial charge in [-0.25, -0.2) is 14.4 Å². The van der Waals surface area contributed by atoms with Gasteiger partial charge in [0.25, 0.3) is 5.91 Å². The molecule has 248 valence electrons. The van der Waals surface area contributed by atoms with Gasteiger partial charge < -0.3 is 38.8 Å². The quantitative estimate of drug-likeness (QED) is 0.163. The van der Waals surface area contributed by atoms with Crippen LogP contribution >= 0.6 is 0 Å². The van der Waals surface area contributed by atoms with Crippen LogP contribution in [0.1, 0.15) is 34.6 Å². The van der Waals surface area contributed by atoms with Gasteiger partial charge in [-0.1, -0.05) is 36.4 Å². The third-order valence-electron chi connectivity index (χ3n) is 6.60. The van der Waals surface area contributed by atoms with Gasteiger partial charge in [-0.3, -0.25) is 14.4 Å². The van der Waals surface area contributed by atoms with Crippen LogP contribution in [0.2, 0.25) is 0 Å². The number of ether oxygens (including phenoxy) is 6. The number of anilines is 1. The molecule has 0 unspecified atom stereocenters. The molecule has 0 radical (unpaired) electrons. The zero-order chi connectivity index (χ0) is 35.0. The van der Waals surface area contributed by atoms with Crippen LogP contribution in [0.3, 0.4) is 0 Å². The van der Waals surface area contributed by atoms with Crippen molar-refractivity contribution in [3.63, 3.8) is 0 Å². The van der Waals surface area contributed by atoms with Crippen molar-refractivity contribution in [1.82, 2.24) is 0 Å². The highest BCUT2D eigenvalue weighted by Gasteiger charge is 2.41. The van der Waals surface area contributed by atoms with Crippen molar-refractivity contribution in [1.29, 1.82) is 0 Å². The number of carbonyl (C=O) groups excluding carboxylic acids is 5. The molecule has 0 fully saturated rings. The van der Waals surface area contributed by atoms with Gasteiger partial charge in [0.15, 0.2) is 23.0 Å². The fraction of sp³-hybridized carbons (Fsp3) is 0.176. The largest absolute Gasteiger partial charge is 0.493 e. The number of carbonyl (C=O) groups is 6. The van der Waals surface area contributed by atoms with Crippen LogP contribution in [-0.2, 0) is 28.7 Å². The molecule has 4 aromatic carbocycles. The summed E-state index contributed by atoms with van der Waals surface area (Å²) in [5, 5.41) is 14.1. The molecule has 0 heterocycles. The number of carboxylic acid groups (broad SMARTS) is 1. The number of hydrogen-bond donors (Lipinski definition) is 2. The number of benzene rings is 4. The summed E-state index contributed by atoms with van der Waals surface area (Å²) in [5.74, 6) is -6.82. The summed E-state index contributed by atoms with van der Waals surface area (Å²) in [6.07, 6.45) is -4.60. The highest BCUT2D eigenvalue weighted by Crippen LogP contribution is 2.31. The summed E-state index contributed by atoms with van der Waals surface area (Å²) >= 11 is 0. The summed E-state index contributed by atoms with van der Waals surface area (Å²) in [6, 6.07) is 19.1. The van der Waals surface area contributed by atoms with Crippen LogP contribution in [0.25, 0.3) is 10.8 Å². The number of hydrogen-bond acceptors (Lipinski definition) is 12. The number of methoxy groups -OCH3 is 2. The van der Waals surface area contributed by atoms with Gasteiger partial charge in [-0.2, -0.15) is 0 Å². The Hall–Kier alpha value is -6.44. The summed E-state index contributed by atoms with van der Waals surface area (Å²) in [7, 11) is 2.50. The average Bonchev–Trinajstić information content (AvgIpc) is 3.05. The lowest BCUT2D eigenvalue weighted by atomic mass is 10.1. The highest BCUT2D eigenvalue weighted by molar-refractivity contribution is 6.06. The Kier molecular flexibility index (Phi) is 10.9. The lowest BCUT2D eigenvalue weighted by Crippen LogP contribution is -2.48. The van der Waals surface area contributed by atoms with E-state index in [-0.39, 0.29) is 39.8 Å². The third-order valence-corrected chi connectivity index (χ3v) is 6.60. The maximum Gasteiger partial charge on any atom is 0.349 e. The normalized spacial score (nSPS) is 11.8. The first-order chi connectivity index (χ1) is 22.9. The molecule has 0 saturated heterocycles. The maximum atomic E-state index is 13.7. The lowest BCUT2D eigenvalue weighted by Gasteiger charge is -2.24. The third kappa shape index (κ3) is 8.23. The molecule has 2 atom stereocenters. The molecule has 0 spiro atoms. The van der Waals surface area contributed by atoms with Crippen molar-refractivity contribution in [3.05, 3.63) is 90.0 Å². The first-order valence-corrected chi connectivity index (χ1v) is 14.1. The molecule has 14 nitrogen and oxygen atoms in total. The molecule has 14 heteroatoms. The van der Waals surface area contributed by atoms with Crippen LogP contribution < -0.4 is 24.3 Å². The molecule has 0 bridgehead atoms. The predicted molar refractivity (Wildman–Crippen MR) is 167 cm³/mol. The van der Waals surface area contributed by atoms with Crippen LogP contribution in [0.5, 0.6) is 23.0 Å². The summed E-state index contributed by atoms with van der Waals surface area (Å²) in [6.45, 7) is 2.33. The van der Waals surface area contributed by atoms with E-state index in [1.807, 2.05) is 0 Å². The number of rotatable bonds is 12. The summed E-state index contributed by atoms with van der Waals surface area (Å²) in [4.78, 5) is 75.7. The monoisotopic (exact) mass is 659 g/mol. The van der Waals surface area contributed by atoms with E-state index in [9.17, 15) is 33.9 Å². The number of amides is 1. The van der Waals surface area contributed by atoms with Crippen molar-refractivity contribution in [2.75, 3.05) is 19.5 Å². The Bertz CT molecular complexity index is 1900. The number of carboxylic acids is 1. The fourth-order valence-electron chi connectivity index (χ4n) is 4.47.